The topological polar surface area (TPSA) is 3.24 Å². The average Bonchev–Trinajstić information content (AvgIpc) is 3.48. The summed E-state index contributed by atoms with van der Waals surface area (Å²) in [7, 11) is 0. The van der Waals surface area contributed by atoms with E-state index in [4.69, 9.17) is 0 Å². The molecule has 1 aliphatic carbocycles. The molecule has 1 heteroatoms. The van der Waals surface area contributed by atoms with Crippen molar-refractivity contribution in [1.29, 1.82) is 0 Å². The highest BCUT2D eigenvalue weighted by molar-refractivity contribution is 6.23. The fourth-order valence-electron chi connectivity index (χ4n) is 9.49. The summed E-state index contributed by atoms with van der Waals surface area (Å²) in [5, 5.41) is 10.2. The Labute approximate surface area is 327 Å². The molecule has 0 bridgehead atoms. The van der Waals surface area contributed by atoms with Crippen molar-refractivity contribution in [2.45, 2.75) is 19.3 Å². The predicted molar refractivity (Wildman–Crippen MR) is 240 cm³/mol. The molecule has 0 unspecified atom stereocenters. The van der Waals surface area contributed by atoms with Gasteiger partial charge in [-0.15, -0.1) is 0 Å². The zero-order valence-corrected chi connectivity index (χ0v) is 31.5. The Morgan fingerprint density at radius 1 is 0.321 bits per heavy atom. The Hall–Kier alpha value is -6.96. The minimum atomic E-state index is -0.0554. The molecule has 1 aliphatic rings. The zero-order valence-electron chi connectivity index (χ0n) is 31.5. The number of anilines is 3. The van der Waals surface area contributed by atoms with Crippen LogP contribution in [0.2, 0.25) is 0 Å². The normalized spacial score (nSPS) is 13.0. The van der Waals surface area contributed by atoms with Crippen LogP contribution in [0.5, 0.6) is 0 Å². The molecule has 0 radical (unpaired) electrons. The van der Waals surface area contributed by atoms with Crippen LogP contribution < -0.4 is 4.90 Å². The summed E-state index contributed by atoms with van der Waals surface area (Å²) in [5.74, 6) is 0. The van der Waals surface area contributed by atoms with E-state index in [-0.39, 0.29) is 5.41 Å². The van der Waals surface area contributed by atoms with Gasteiger partial charge in [0.05, 0.1) is 0 Å². The van der Waals surface area contributed by atoms with Crippen LogP contribution in [0.1, 0.15) is 25.0 Å². The average molecular weight is 714 g/mol. The lowest BCUT2D eigenvalue weighted by atomic mass is 9.82. The third kappa shape index (κ3) is 5.01. The van der Waals surface area contributed by atoms with Crippen molar-refractivity contribution in [2.24, 2.45) is 0 Å². The maximum atomic E-state index is 2.43. The SMILES string of the molecule is CC1(C)c2ccccc2-c2cc(N(c3ccc(-c4cc5ccc6ccccc6c5c5ccccc45)cc3)c3cccc(-c4cccc5ccccc45)c3)ccc21. The van der Waals surface area contributed by atoms with Crippen LogP contribution in [0, 0.1) is 0 Å². The third-order valence-electron chi connectivity index (χ3n) is 12.2. The van der Waals surface area contributed by atoms with Crippen molar-refractivity contribution in [3.8, 4) is 33.4 Å². The Kier molecular flexibility index (Phi) is 7.28. The van der Waals surface area contributed by atoms with Gasteiger partial charge in [-0.25, -0.2) is 0 Å². The van der Waals surface area contributed by atoms with Gasteiger partial charge in [-0.05, 0) is 130 Å². The van der Waals surface area contributed by atoms with Crippen LogP contribution in [-0.4, -0.2) is 0 Å². The molecule has 0 saturated heterocycles. The second kappa shape index (κ2) is 12.5. The molecule has 264 valence electrons. The van der Waals surface area contributed by atoms with Crippen LogP contribution in [0.4, 0.5) is 17.1 Å². The van der Waals surface area contributed by atoms with E-state index in [9.17, 15) is 0 Å². The molecule has 0 heterocycles. The maximum Gasteiger partial charge on any atom is 0.0468 e. The fraction of sp³-hybridized carbons (Fsp3) is 0.0545. The second-order valence-electron chi connectivity index (χ2n) is 15.7. The van der Waals surface area contributed by atoms with Crippen LogP contribution in [0.3, 0.4) is 0 Å². The van der Waals surface area contributed by atoms with Crippen LogP contribution in [-0.2, 0) is 5.41 Å². The van der Waals surface area contributed by atoms with Gasteiger partial charge >= 0.3 is 0 Å². The second-order valence-corrected chi connectivity index (χ2v) is 15.7. The first kappa shape index (κ1) is 32.5. The van der Waals surface area contributed by atoms with Crippen LogP contribution >= 0.6 is 0 Å². The molecule has 0 atom stereocenters. The van der Waals surface area contributed by atoms with Gasteiger partial charge in [0.25, 0.3) is 0 Å². The molecule has 0 aliphatic heterocycles. The molecular formula is C55H39N. The van der Waals surface area contributed by atoms with Gasteiger partial charge in [-0.1, -0.05) is 172 Å². The van der Waals surface area contributed by atoms with Gasteiger partial charge in [0.2, 0.25) is 0 Å². The molecule has 1 nitrogen and oxygen atoms in total. The molecule has 11 rings (SSSR count). The van der Waals surface area contributed by atoms with E-state index < -0.39 is 0 Å². The summed E-state index contributed by atoms with van der Waals surface area (Å²) in [5.41, 5.74) is 13.6. The van der Waals surface area contributed by atoms with Gasteiger partial charge in [0.1, 0.15) is 0 Å². The maximum absolute atomic E-state index is 2.43. The first-order chi connectivity index (χ1) is 27.5. The lowest BCUT2D eigenvalue weighted by molar-refractivity contribution is 0.660. The van der Waals surface area contributed by atoms with Gasteiger partial charge in [-0.3, -0.25) is 0 Å². The predicted octanol–water partition coefficient (Wildman–Crippen LogP) is 15.4. The molecule has 0 fully saturated rings. The number of benzene rings is 10. The van der Waals surface area contributed by atoms with Crippen molar-refractivity contribution in [3.63, 3.8) is 0 Å². The Balaban J connectivity index is 1.08. The molecule has 56 heavy (non-hydrogen) atoms. The molecule has 0 aromatic heterocycles. The highest BCUT2D eigenvalue weighted by Crippen LogP contribution is 2.51. The largest absolute Gasteiger partial charge is 0.310 e. The monoisotopic (exact) mass is 713 g/mol. The van der Waals surface area contributed by atoms with Crippen LogP contribution in [0.25, 0.3) is 76.5 Å². The first-order valence-corrected chi connectivity index (χ1v) is 19.6. The van der Waals surface area contributed by atoms with E-state index in [0.29, 0.717) is 0 Å². The molecule has 10 aromatic rings. The van der Waals surface area contributed by atoms with Crippen molar-refractivity contribution in [2.75, 3.05) is 4.90 Å². The summed E-state index contributed by atoms with van der Waals surface area (Å²) >= 11 is 0. The zero-order chi connectivity index (χ0) is 37.4. The third-order valence-corrected chi connectivity index (χ3v) is 12.2. The molecular weight excluding hydrogens is 675 g/mol. The molecule has 0 saturated carbocycles. The van der Waals surface area contributed by atoms with Gasteiger partial charge in [-0.2, -0.15) is 0 Å². The molecule has 0 amide bonds. The van der Waals surface area contributed by atoms with E-state index in [2.05, 4.69) is 219 Å². The fourth-order valence-corrected chi connectivity index (χ4v) is 9.49. The highest BCUT2D eigenvalue weighted by atomic mass is 15.1. The van der Waals surface area contributed by atoms with Crippen LogP contribution in [0.15, 0.2) is 200 Å². The molecule has 10 aromatic carbocycles. The van der Waals surface area contributed by atoms with Crippen molar-refractivity contribution in [1.82, 2.24) is 0 Å². The number of hydrogen-bond acceptors (Lipinski definition) is 1. The summed E-state index contributed by atoms with van der Waals surface area (Å²) in [6, 6.07) is 74.0. The Bertz CT molecular complexity index is 3160. The molecule has 0 N–H and O–H groups in total. The lowest BCUT2D eigenvalue weighted by Crippen LogP contribution is -2.15. The molecule has 0 spiro atoms. The van der Waals surface area contributed by atoms with Gasteiger partial charge < -0.3 is 4.90 Å². The van der Waals surface area contributed by atoms with Crippen molar-refractivity contribution < 1.29 is 0 Å². The van der Waals surface area contributed by atoms with Crippen molar-refractivity contribution >= 4 is 60.2 Å². The van der Waals surface area contributed by atoms with E-state index in [1.54, 1.807) is 0 Å². The summed E-state index contributed by atoms with van der Waals surface area (Å²) < 4.78 is 0. The number of nitrogens with zero attached hydrogens (tertiary/aromatic N) is 1. The van der Waals surface area contributed by atoms with E-state index >= 15 is 0 Å². The van der Waals surface area contributed by atoms with E-state index in [1.165, 1.54) is 87.6 Å². The van der Waals surface area contributed by atoms with Gasteiger partial charge in [0, 0.05) is 22.5 Å². The summed E-state index contributed by atoms with van der Waals surface area (Å²) in [6.07, 6.45) is 0. The van der Waals surface area contributed by atoms with Crippen molar-refractivity contribution in [3.05, 3.63) is 211 Å². The quantitative estimate of drug-likeness (QED) is 0.161. The Morgan fingerprint density at radius 2 is 0.911 bits per heavy atom. The van der Waals surface area contributed by atoms with E-state index in [0.717, 1.165) is 17.1 Å². The van der Waals surface area contributed by atoms with E-state index in [1.807, 2.05) is 0 Å². The number of hydrogen-bond donors (Lipinski definition) is 0. The minimum Gasteiger partial charge on any atom is -0.310 e. The summed E-state index contributed by atoms with van der Waals surface area (Å²) in [4.78, 5) is 2.43. The number of rotatable bonds is 5. The number of fused-ring (bicyclic) bond motifs is 9. The summed E-state index contributed by atoms with van der Waals surface area (Å²) in [6.45, 7) is 4.70. The Morgan fingerprint density at radius 3 is 1.75 bits per heavy atom. The lowest BCUT2D eigenvalue weighted by Gasteiger charge is -2.28. The smallest absolute Gasteiger partial charge is 0.0468 e. The minimum absolute atomic E-state index is 0.0554. The standard InChI is InChI=1S/C55H39N/c1-55(2)52-24-10-9-21-48(52)51-35-43(31-32-53(51)55)56(42-17-11-16-39(33-42)45-23-12-15-36-13-3-5-18-44(36)45)41-29-27-38(28-30-41)50-34-40-26-25-37-14-4-6-19-46(37)54(40)49-22-8-7-20-47(49)50/h3-35H,1-2H3. The highest BCUT2D eigenvalue weighted by Gasteiger charge is 2.35. The van der Waals surface area contributed by atoms with Gasteiger partial charge in [0.15, 0.2) is 0 Å². The first-order valence-electron chi connectivity index (χ1n) is 19.6.